The minimum Gasteiger partial charge on any atom is -0.450 e. The summed E-state index contributed by atoms with van der Waals surface area (Å²) in [6.07, 6.45) is 3.18. The molecule has 1 aromatic carbocycles. The zero-order valence-electron chi connectivity index (χ0n) is 15.3. The Kier molecular flexibility index (Phi) is 5.52. The van der Waals surface area contributed by atoms with Gasteiger partial charge < -0.3 is 14.6 Å². The van der Waals surface area contributed by atoms with Crippen molar-refractivity contribution in [3.8, 4) is 5.82 Å². The van der Waals surface area contributed by atoms with Crippen LogP contribution in [-0.2, 0) is 18.2 Å². The molecule has 0 radical (unpaired) electrons. The first-order chi connectivity index (χ1) is 12.5. The molecule has 0 aliphatic rings. The second-order valence-corrected chi connectivity index (χ2v) is 6.61. The van der Waals surface area contributed by atoms with Crippen LogP contribution < -0.4 is 5.32 Å². The lowest BCUT2D eigenvalue weighted by molar-refractivity contribution is 0.145. The van der Waals surface area contributed by atoms with Crippen LogP contribution in [0.15, 0.2) is 30.5 Å². The van der Waals surface area contributed by atoms with E-state index < -0.39 is 0 Å². The molecule has 0 aliphatic carbocycles. The van der Waals surface area contributed by atoms with Gasteiger partial charge in [-0.3, -0.25) is 4.68 Å². The van der Waals surface area contributed by atoms with Gasteiger partial charge in [0.1, 0.15) is 5.82 Å². The van der Waals surface area contributed by atoms with Crippen molar-refractivity contribution in [2.45, 2.75) is 26.7 Å². The van der Waals surface area contributed by atoms with Gasteiger partial charge >= 0.3 is 6.09 Å². The van der Waals surface area contributed by atoms with Crippen LogP contribution in [0, 0.1) is 6.92 Å². The van der Waals surface area contributed by atoms with E-state index in [0.717, 1.165) is 45.8 Å². The van der Waals surface area contributed by atoms with E-state index >= 15 is 0 Å². The van der Waals surface area contributed by atoms with Gasteiger partial charge in [-0.05, 0) is 51.0 Å². The zero-order valence-corrected chi connectivity index (χ0v) is 16.0. The molecule has 7 heteroatoms. The smallest absolute Gasteiger partial charge is 0.407 e. The summed E-state index contributed by atoms with van der Waals surface area (Å²) >= 11 is 6.10. The average Bonchev–Trinajstić information content (AvgIpc) is 3.11. The van der Waals surface area contributed by atoms with Crippen molar-refractivity contribution in [1.82, 2.24) is 19.7 Å². The summed E-state index contributed by atoms with van der Waals surface area (Å²) in [5.41, 5.74) is 3.22. The summed E-state index contributed by atoms with van der Waals surface area (Å²) in [7, 11) is 1.94. The Labute approximate surface area is 157 Å². The Morgan fingerprint density at radius 3 is 2.92 bits per heavy atom. The Hall–Kier alpha value is -2.47. The molecule has 3 rings (SSSR count). The minimum absolute atomic E-state index is 0.371. The first kappa shape index (κ1) is 18.3. The van der Waals surface area contributed by atoms with Crippen molar-refractivity contribution < 1.29 is 9.53 Å². The van der Waals surface area contributed by atoms with Gasteiger partial charge in [0.15, 0.2) is 0 Å². The lowest BCUT2D eigenvalue weighted by Gasteiger charge is -2.10. The highest BCUT2D eigenvalue weighted by molar-refractivity contribution is 6.31. The normalized spacial score (nSPS) is 11.1. The second kappa shape index (κ2) is 7.83. The van der Waals surface area contributed by atoms with E-state index in [9.17, 15) is 4.79 Å². The number of aromatic nitrogens is 3. The summed E-state index contributed by atoms with van der Waals surface area (Å²) in [5.74, 6) is 1.03. The van der Waals surface area contributed by atoms with Crippen molar-refractivity contribution in [2.75, 3.05) is 13.2 Å². The molecule has 1 N–H and O–H groups in total. The number of halogens is 1. The van der Waals surface area contributed by atoms with E-state index in [2.05, 4.69) is 15.0 Å². The molecule has 6 nitrogen and oxygen atoms in total. The Bertz CT molecular complexity index is 929. The predicted octanol–water partition coefficient (Wildman–Crippen LogP) is 4.00. The third-order valence-corrected chi connectivity index (χ3v) is 4.55. The Morgan fingerprint density at radius 2 is 2.15 bits per heavy atom. The van der Waals surface area contributed by atoms with Crippen LogP contribution in [0.3, 0.4) is 0 Å². The maximum absolute atomic E-state index is 11.4. The van der Waals surface area contributed by atoms with Gasteiger partial charge in [0.25, 0.3) is 0 Å². The molecule has 0 aliphatic heterocycles. The molecule has 0 saturated carbocycles. The zero-order chi connectivity index (χ0) is 18.7. The molecule has 0 saturated heterocycles. The maximum atomic E-state index is 11.4. The van der Waals surface area contributed by atoms with E-state index in [1.54, 1.807) is 0 Å². The summed E-state index contributed by atoms with van der Waals surface area (Å²) in [6, 6.07) is 7.91. The van der Waals surface area contributed by atoms with Gasteiger partial charge in [0, 0.05) is 35.8 Å². The van der Waals surface area contributed by atoms with Crippen LogP contribution in [-0.4, -0.2) is 33.6 Å². The number of fused-ring (bicyclic) bond motifs is 1. The van der Waals surface area contributed by atoms with Gasteiger partial charge in [-0.25, -0.2) is 4.79 Å². The number of amides is 1. The summed E-state index contributed by atoms with van der Waals surface area (Å²) in [6.45, 7) is 4.81. The highest BCUT2D eigenvalue weighted by atomic mass is 35.5. The van der Waals surface area contributed by atoms with Gasteiger partial charge in [-0.2, -0.15) is 5.10 Å². The van der Waals surface area contributed by atoms with E-state index in [0.29, 0.717) is 13.2 Å². The molecule has 0 atom stereocenters. The number of aryl methyl sites for hydroxylation is 2. The molecular formula is C19H23ClN4O2. The number of carbonyl (C=O) groups excluding carboxylic acids is 1. The van der Waals surface area contributed by atoms with Crippen LogP contribution in [0.25, 0.3) is 16.7 Å². The number of hydrogen-bond acceptors (Lipinski definition) is 3. The largest absolute Gasteiger partial charge is 0.450 e. The van der Waals surface area contributed by atoms with Crippen molar-refractivity contribution in [1.29, 1.82) is 0 Å². The number of alkyl carbamates (subject to hydrolysis) is 1. The fourth-order valence-corrected chi connectivity index (χ4v) is 3.37. The molecule has 0 bridgehead atoms. The third kappa shape index (κ3) is 3.70. The average molecular weight is 375 g/mol. The van der Waals surface area contributed by atoms with E-state index in [4.69, 9.17) is 16.3 Å². The van der Waals surface area contributed by atoms with Crippen LogP contribution in [0.2, 0.25) is 5.02 Å². The standard InChI is InChI=1S/C19H23ClN4O2/c1-4-21-19(25)26-11-5-6-16-13(2)22-23(3)18(16)24-10-9-14-12-15(20)7-8-17(14)24/h7-10,12H,4-6,11H2,1-3H3,(H,21,25). The van der Waals surface area contributed by atoms with Gasteiger partial charge in [-0.15, -0.1) is 0 Å². The predicted molar refractivity (Wildman–Crippen MR) is 103 cm³/mol. The second-order valence-electron chi connectivity index (χ2n) is 6.17. The number of nitrogens with one attached hydrogen (secondary N) is 1. The third-order valence-electron chi connectivity index (χ3n) is 4.32. The molecule has 138 valence electrons. The van der Waals surface area contributed by atoms with E-state index in [1.165, 1.54) is 0 Å². The van der Waals surface area contributed by atoms with Crippen LogP contribution in [0.4, 0.5) is 4.79 Å². The molecule has 0 unspecified atom stereocenters. The van der Waals surface area contributed by atoms with Crippen molar-refractivity contribution in [3.05, 3.63) is 46.7 Å². The molecular weight excluding hydrogens is 352 g/mol. The summed E-state index contributed by atoms with van der Waals surface area (Å²) < 4.78 is 9.19. The quantitative estimate of drug-likeness (QED) is 0.663. The maximum Gasteiger partial charge on any atom is 0.407 e. The SMILES string of the molecule is CCNC(=O)OCCCc1c(C)nn(C)c1-n1ccc2cc(Cl)ccc21. The first-order valence-electron chi connectivity index (χ1n) is 8.71. The summed E-state index contributed by atoms with van der Waals surface area (Å²) in [4.78, 5) is 11.4. The molecule has 0 spiro atoms. The van der Waals surface area contributed by atoms with E-state index in [-0.39, 0.29) is 6.09 Å². The van der Waals surface area contributed by atoms with Crippen molar-refractivity contribution >= 4 is 28.6 Å². The number of nitrogens with zero attached hydrogens (tertiary/aromatic N) is 3. The van der Waals surface area contributed by atoms with Crippen LogP contribution >= 0.6 is 11.6 Å². The Balaban J connectivity index is 1.83. The molecule has 26 heavy (non-hydrogen) atoms. The Morgan fingerprint density at radius 1 is 1.35 bits per heavy atom. The molecule has 3 aromatic rings. The molecule has 0 fully saturated rings. The number of benzene rings is 1. The van der Waals surface area contributed by atoms with Crippen LogP contribution in [0.5, 0.6) is 0 Å². The molecule has 2 aromatic heterocycles. The monoisotopic (exact) mass is 374 g/mol. The highest BCUT2D eigenvalue weighted by Crippen LogP contribution is 2.27. The number of rotatable bonds is 6. The fraction of sp³-hybridized carbons (Fsp3) is 0.368. The number of hydrogen-bond donors (Lipinski definition) is 1. The van der Waals surface area contributed by atoms with E-state index in [1.807, 2.05) is 56.0 Å². The lowest BCUT2D eigenvalue weighted by Crippen LogP contribution is -2.24. The highest BCUT2D eigenvalue weighted by Gasteiger charge is 2.16. The van der Waals surface area contributed by atoms with Gasteiger partial charge in [-0.1, -0.05) is 11.6 Å². The number of carbonyl (C=O) groups is 1. The van der Waals surface area contributed by atoms with Crippen LogP contribution in [0.1, 0.15) is 24.6 Å². The molecule has 2 heterocycles. The van der Waals surface area contributed by atoms with Crippen molar-refractivity contribution in [3.63, 3.8) is 0 Å². The van der Waals surface area contributed by atoms with Gasteiger partial charge in [0.2, 0.25) is 0 Å². The lowest BCUT2D eigenvalue weighted by atomic mass is 10.1. The first-order valence-corrected chi connectivity index (χ1v) is 9.09. The minimum atomic E-state index is -0.371. The number of ether oxygens (including phenoxy) is 1. The fourth-order valence-electron chi connectivity index (χ4n) is 3.19. The van der Waals surface area contributed by atoms with Crippen molar-refractivity contribution in [2.24, 2.45) is 7.05 Å². The topological polar surface area (TPSA) is 61.1 Å². The van der Waals surface area contributed by atoms with Gasteiger partial charge in [0.05, 0.1) is 17.8 Å². The molecule has 1 amide bonds. The summed E-state index contributed by atoms with van der Waals surface area (Å²) in [5, 5.41) is 9.02.